The highest BCUT2D eigenvalue weighted by atomic mass is 35.5. The van der Waals surface area contributed by atoms with Crippen molar-refractivity contribution in [3.8, 4) is 5.75 Å². The maximum absolute atomic E-state index is 13.1. The Hall–Kier alpha value is -3.10. The van der Waals surface area contributed by atoms with Crippen LogP contribution in [-0.4, -0.2) is 54.5 Å². The molecule has 0 aromatic heterocycles. The molecule has 7 nitrogen and oxygen atoms in total. The van der Waals surface area contributed by atoms with Crippen LogP contribution in [0.15, 0.2) is 42.5 Å². The molecule has 9 heteroatoms. The average molecular weight is 461 g/mol. The van der Waals surface area contributed by atoms with Gasteiger partial charge in [-0.3, -0.25) is 9.69 Å². The number of methoxy groups -OCH3 is 1. The molecule has 32 heavy (non-hydrogen) atoms. The Morgan fingerprint density at radius 1 is 1.28 bits per heavy atom. The third kappa shape index (κ3) is 5.99. The van der Waals surface area contributed by atoms with Crippen LogP contribution >= 0.6 is 11.6 Å². The Kier molecular flexibility index (Phi) is 7.71. The van der Waals surface area contributed by atoms with Gasteiger partial charge in [0.2, 0.25) is 5.91 Å². The third-order valence-electron chi connectivity index (χ3n) is 5.30. The summed E-state index contributed by atoms with van der Waals surface area (Å²) in [7, 11) is 1.48. The van der Waals surface area contributed by atoms with Gasteiger partial charge in [-0.25, -0.2) is 9.18 Å². The first-order valence-electron chi connectivity index (χ1n) is 10.2. The molecule has 0 radical (unpaired) electrons. The number of piperazine rings is 1. The summed E-state index contributed by atoms with van der Waals surface area (Å²) in [5.74, 6) is 0.0197. The van der Waals surface area contributed by atoms with Gasteiger partial charge in [0, 0.05) is 43.9 Å². The minimum absolute atomic E-state index is 0.00400. The average Bonchev–Trinajstić information content (AvgIpc) is 2.74. The lowest BCUT2D eigenvalue weighted by Gasteiger charge is -2.39. The topological polar surface area (TPSA) is 87.9 Å². The van der Waals surface area contributed by atoms with Gasteiger partial charge in [0.05, 0.1) is 17.8 Å². The van der Waals surface area contributed by atoms with Crippen LogP contribution in [0.3, 0.4) is 0 Å². The number of nitrogens with two attached hydrogens (primary N) is 1. The third-order valence-corrected chi connectivity index (χ3v) is 5.60. The van der Waals surface area contributed by atoms with E-state index in [9.17, 15) is 14.0 Å². The van der Waals surface area contributed by atoms with E-state index >= 15 is 0 Å². The fraction of sp³-hybridized carbons (Fsp3) is 0.304. The summed E-state index contributed by atoms with van der Waals surface area (Å²) in [4.78, 5) is 28.2. The van der Waals surface area contributed by atoms with Gasteiger partial charge in [-0.15, -0.1) is 0 Å². The number of halogens is 2. The molecule has 1 aliphatic heterocycles. The summed E-state index contributed by atoms with van der Waals surface area (Å²) in [5, 5.41) is 2.81. The van der Waals surface area contributed by atoms with Crippen LogP contribution in [0.4, 0.5) is 14.9 Å². The minimum atomic E-state index is -0.738. The van der Waals surface area contributed by atoms with Crippen molar-refractivity contribution in [2.45, 2.75) is 19.5 Å². The number of ether oxygens (including phenoxy) is 1. The number of primary amides is 1. The summed E-state index contributed by atoms with van der Waals surface area (Å²) in [6.07, 6.45) is 3.06. The van der Waals surface area contributed by atoms with Crippen molar-refractivity contribution in [1.82, 2.24) is 9.80 Å². The van der Waals surface area contributed by atoms with Gasteiger partial charge in [-0.2, -0.15) is 0 Å². The second-order valence-electron chi connectivity index (χ2n) is 7.64. The molecule has 0 aliphatic carbocycles. The van der Waals surface area contributed by atoms with E-state index in [-0.39, 0.29) is 17.8 Å². The quantitative estimate of drug-likeness (QED) is 0.643. The molecule has 2 aromatic rings. The van der Waals surface area contributed by atoms with Crippen LogP contribution in [0, 0.1) is 5.82 Å². The van der Waals surface area contributed by atoms with E-state index in [1.165, 1.54) is 31.4 Å². The van der Waals surface area contributed by atoms with E-state index < -0.39 is 6.03 Å². The summed E-state index contributed by atoms with van der Waals surface area (Å²) < 4.78 is 18.3. The lowest BCUT2D eigenvalue weighted by atomic mass is 10.1. The minimum Gasteiger partial charge on any atom is -0.495 e. The van der Waals surface area contributed by atoms with Crippen molar-refractivity contribution in [3.63, 3.8) is 0 Å². The Morgan fingerprint density at radius 3 is 2.62 bits per heavy atom. The van der Waals surface area contributed by atoms with Gasteiger partial charge in [0.1, 0.15) is 11.6 Å². The molecule has 1 atom stereocenters. The fourth-order valence-corrected chi connectivity index (χ4v) is 3.95. The molecule has 0 saturated carbocycles. The zero-order chi connectivity index (χ0) is 23.3. The molecule has 3 rings (SSSR count). The molecule has 3 N–H and O–H groups in total. The number of rotatable bonds is 6. The van der Waals surface area contributed by atoms with Gasteiger partial charge >= 0.3 is 6.03 Å². The van der Waals surface area contributed by atoms with E-state index in [2.05, 4.69) is 10.2 Å². The zero-order valence-corrected chi connectivity index (χ0v) is 18.7. The van der Waals surface area contributed by atoms with Crippen LogP contribution in [0.2, 0.25) is 5.02 Å². The first kappa shape index (κ1) is 23.6. The van der Waals surface area contributed by atoms with E-state index in [1.54, 1.807) is 29.2 Å². The molecular weight excluding hydrogens is 435 g/mol. The van der Waals surface area contributed by atoms with E-state index in [1.807, 2.05) is 6.92 Å². The van der Waals surface area contributed by atoms with Gasteiger partial charge in [-0.1, -0.05) is 23.7 Å². The van der Waals surface area contributed by atoms with Crippen molar-refractivity contribution < 1.29 is 18.7 Å². The Morgan fingerprint density at radius 2 is 2.00 bits per heavy atom. The summed E-state index contributed by atoms with van der Waals surface area (Å²) >= 11 is 6.13. The van der Waals surface area contributed by atoms with Gasteiger partial charge in [0.15, 0.2) is 0 Å². The molecule has 2 aromatic carbocycles. The smallest absolute Gasteiger partial charge is 0.316 e. The number of anilines is 1. The van der Waals surface area contributed by atoms with E-state index in [4.69, 9.17) is 22.1 Å². The lowest BCUT2D eigenvalue weighted by molar-refractivity contribution is -0.130. The highest BCUT2D eigenvalue weighted by molar-refractivity contribution is 6.32. The predicted octanol–water partition coefficient (Wildman–Crippen LogP) is 3.72. The van der Waals surface area contributed by atoms with Crippen LogP contribution in [0.25, 0.3) is 6.08 Å². The SMILES string of the molecule is COc1cc(C=CC(=O)N2CCN(Cc3ccc(F)cc3)CC2C)c(NC(N)=O)cc1Cl. The van der Waals surface area contributed by atoms with Crippen molar-refractivity contribution in [2.75, 3.05) is 32.1 Å². The maximum atomic E-state index is 13.1. The number of nitrogens with zero attached hydrogens (tertiary/aromatic N) is 2. The number of carbonyl (C=O) groups excluding carboxylic acids is 2. The number of benzene rings is 2. The number of amides is 3. The Balaban J connectivity index is 1.67. The molecule has 1 heterocycles. The number of nitrogens with one attached hydrogen (secondary N) is 1. The van der Waals surface area contributed by atoms with Crippen LogP contribution < -0.4 is 15.8 Å². The van der Waals surface area contributed by atoms with Crippen molar-refractivity contribution in [3.05, 3.63) is 64.4 Å². The zero-order valence-electron chi connectivity index (χ0n) is 18.0. The van der Waals surface area contributed by atoms with Gasteiger partial charge in [0.25, 0.3) is 0 Å². The molecule has 170 valence electrons. The molecule has 1 unspecified atom stereocenters. The lowest BCUT2D eigenvalue weighted by Crippen LogP contribution is -2.53. The molecule has 1 aliphatic rings. The summed E-state index contributed by atoms with van der Waals surface area (Å²) in [6.45, 7) is 4.69. The van der Waals surface area contributed by atoms with Crippen LogP contribution in [-0.2, 0) is 11.3 Å². The maximum Gasteiger partial charge on any atom is 0.316 e. The monoisotopic (exact) mass is 460 g/mol. The van der Waals surface area contributed by atoms with E-state index in [0.29, 0.717) is 48.2 Å². The Bertz CT molecular complexity index is 1010. The highest BCUT2D eigenvalue weighted by Gasteiger charge is 2.26. The van der Waals surface area contributed by atoms with Crippen molar-refractivity contribution >= 4 is 35.3 Å². The highest BCUT2D eigenvalue weighted by Crippen LogP contribution is 2.32. The number of hydrogen-bond acceptors (Lipinski definition) is 4. The van der Waals surface area contributed by atoms with Crippen molar-refractivity contribution in [1.29, 1.82) is 0 Å². The standard InChI is InChI=1S/C23H26ClFN4O3/c1-15-13-28(14-16-3-6-18(25)7-4-16)9-10-29(15)22(30)8-5-17-11-21(32-2)19(24)12-20(17)27-23(26)31/h3-8,11-12,15H,9-10,13-14H2,1-2H3,(H3,26,27,31). The molecular formula is C23H26ClFN4O3. The first-order valence-corrected chi connectivity index (χ1v) is 10.5. The normalized spacial score (nSPS) is 16.9. The van der Waals surface area contributed by atoms with Gasteiger partial charge in [-0.05, 0) is 42.8 Å². The molecule has 3 amide bonds. The van der Waals surface area contributed by atoms with E-state index in [0.717, 1.165) is 5.56 Å². The molecule has 1 fully saturated rings. The molecule has 0 spiro atoms. The summed E-state index contributed by atoms with van der Waals surface area (Å²) in [5.41, 5.74) is 7.19. The molecule has 0 bridgehead atoms. The molecule has 1 saturated heterocycles. The Labute approximate surface area is 191 Å². The summed E-state index contributed by atoms with van der Waals surface area (Å²) in [6, 6.07) is 8.87. The van der Waals surface area contributed by atoms with Crippen LogP contribution in [0.5, 0.6) is 5.75 Å². The number of carbonyl (C=O) groups is 2. The van der Waals surface area contributed by atoms with Crippen molar-refractivity contribution in [2.24, 2.45) is 5.73 Å². The number of hydrogen-bond donors (Lipinski definition) is 2. The van der Waals surface area contributed by atoms with Crippen LogP contribution in [0.1, 0.15) is 18.1 Å². The first-order chi connectivity index (χ1) is 15.3. The second-order valence-corrected chi connectivity index (χ2v) is 8.05. The predicted molar refractivity (Wildman–Crippen MR) is 123 cm³/mol. The fourth-order valence-electron chi connectivity index (χ4n) is 3.71. The second kappa shape index (κ2) is 10.5. The largest absolute Gasteiger partial charge is 0.495 e. The number of urea groups is 1. The van der Waals surface area contributed by atoms with Gasteiger partial charge < -0.3 is 20.7 Å².